The number of rotatable bonds is 5. The molecule has 0 N–H and O–H groups in total. The molecule has 0 amide bonds. The van der Waals surface area contributed by atoms with E-state index < -0.39 is 0 Å². The van der Waals surface area contributed by atoms with Crippen LogP contribution in [-0.2, 0) is 0 Å². The maximum atomic E-state index is 2.53. The number of hydrogen-bond acceptors (Lipinski definition) is 0. The van der Waals surface area contributed by atoms with Gasteiger partial charge in [-0.2, -0.15) is 0 Å². The fourth-order valence-electron chi connectivity index (χ4n) is 2.86. The minimum absolute atomic E-state index is 0.671. The monoisotopic (exact) mass is 240 g/mol. The lowest BCUT2D eigenvalue weighted by atomic mass is 9.63. The van der Waals surface area contributed by atoms with Crippen LogP contribution in [0.3, 0.4) is 0 Å². The Balaban J connectivity index is 0.00000121. The molecule has 0 aromatic carbocycles. The van der Waals surface area contributed by atoms with E-state index in [1.54, 1.807) is 0 Å². The van der Waals surface area contributed by atoms with Gasteiger partial charge in [-0.3, -0.25) is 0 Å². The first-order chi connectivity index (χ1) is 8.04. The summed E-state index contributed by atoms with van der Waals surface area (Å²) in [5.74, 6) is 0. The van der Waals surface area contributed by atoms with Crippen molar-refractivity contribution in [2.45, 2.75) is 99.3 Å². The van der Waals surface area contributed by atoms with Crippen LogP contribution in [0.1, 0.15) is 99.3 Å². The largest absolute Gasteiger partial charge is 0.0683 e. The van der Waals surface area contributed by atoms with Crippen LogP contribution in [0.4, 0.5) is 0 Å². The van der Waals surface area contributed by atoms with Crippen LogP contribution in [-0.4, -0.2) is 0 Å². The lowest BCUT2D eigenvalue weighted by Gasteiger charge is -2.43. The second-order valence-electron chi connectivity index (χ2n) is 6.43. The van der Waals surface area contributed by atoms with Gasteiger partial charge in [0, 0.05) is 0 Å². The topological polar surface area (TPSA) is 0 Å². The Morgan fingerprint density at radius 1 is 0.765 bits per heavy atom. The van der Waals surface area contributed by atoms with Gasteiger partial charge >= 0.3 is 0 Å². The van der Waals surface area contributed by atoms with Crippen molar-refractivity contribution < 1.29 is 0 Å². The zero-order valence-corrected chi connectivity index (χ0v) is 13.4. The molecule has 0 atom stereocenters. The molecule has 0 aromatic heterocycles. The van der Waals surface area contributed by atoms with E-state index in [9.17, 15) is 0 Å². The maximum absolute atomic E-state index is 2.53. The van der Waals surface area contributed by atoms with Crippen LogP contribution in [0.5, 0.6) is 0 Å². The molecular formula is C17H36. The Hall–Kier alpha value is 0. The van der Waals surface area contributed by atoms with Crippen molar-refractivity contribution in [1.29, 1.82) is 0 Å². The van der Waals surface area contributed by atoms with Gasteiger partial charge in [-0.25, -0.2) is 0 Å². The van der Waals surface area contributed by atoms with E-state index in [1.165, 1.54) is 57.8 Å². The minimum atomic E-state index is 0.671. The molecule has 0 unspecified atom stereocenters. The molecule has 0 heteroatoms. The Kier molecular flexibility index (Phi) is 8.16. The molecule has 0 aromatic rings. The molecule has 0 radical (unpaired) electrons. The number of hydrogen-bond donors (Lipinski definition) is 0. The second-order valence-corrected chi connectivity index (χ2v) is 6.43. The summed E-state index contributed by atoms with van der Waals surface area (Å²) in [6.45, 7) is 13.7. The van der Waals surface area contributed by atoms with E-state index in [0.717, 1.165) is 0 Å². The van der Waals surface area contributed by atoms with E-state index in [1.807, 2.05) is 13.8 Å². The van der Waals surface area contributed by atoms with Crippen molar-refractivity contribution in [3.05, 3.63) is 0 Å². The van der Waals surface area contributed by atoms with Crippen LogP contribution in [0, 0.1) is 10.8 Å². The highest BCUT2D eigenvalue weighted by Crippen LogP contribution is 2.48. The molecule has 0 saturated heterocycles. The molecular weight excluding hydrogens is 204 g/mol. The van der Waals surface area contributed by atoms with Gasteiger partial charge in [0.25, 0.3) is 0 Å². The number of unbranched alkanes of at least 4 members (excludes halogenated alkanes) is 2. The molecule has 17 heavy (non-hydrogen) atoms. The van der Waals surface area contributed by atoms with Crippen LogP contribution < -0.4 is 0 Å². The van der Waals surface area contributed by atoms with Gasteiger partial charge in [0.05, 0.1) is 0 Å². The first-order valence-electron chi connectivity index (χ1n) is 8.04. The molecule has 1 fully saturated rings. The summed E-state index contributed by atoms with van der Waals surface area (Å²) in [6, 6.07) is 0. The van der Waals surface area contributed by atoms with Crippen LogP contribution in [0.15, 0.2) is 0 Å². The SMILES string of the molecule is CC.CCCCCC1(C)CCC(C)(CC)CC1. The molecule has 104 valence electrons. The van der Waals surface area contributed by atoms with Crippen LogP contribution in [0.25, 0.3) is 0 Å². The van der Waals surface area contributed by atoms with Gasteiger partial charge in [0.1, 0.15) is 0 Å². The molecule has 1 rings (SSSR count). The Morgan fingerprint density at radius 2 is 1.24 bits per heavy atom. The first-order valence-corrected chi connectivity index (χ1v) is 8.04. The first kappa shape index (κ1) is 17.0. The third kappa shape index (κ3) is 5.93. The Bertz CT molecular complexity index is 172. The molecule has 0 nitrogen and oxygen atoms in total. The van der Waals surface area contributed by atoms with E-state index in [0.29, 0.717) is 10.8 Å². The summed E-state index contributed by atoms with van der Waals surface area (Å²) < 4.78 is 0. The summed E-state index contributed by atoms with van der Waals surface area (Å²) in [5, 5.41) is 0. The highest BCUT2D eigenvalue weighted by Gasteiger charge is 2.35. The van der Waals surface area contributed by atoms with Crippen molar-refractivity contribution in [1.82, 2.24) is 0 Å². The van der Waals surface area contributed by atoms with Crippen molar-refractivity contribution in [3.63, 3.8) is 0 Å². The van der Waals surface area contributed by atoms with Crippen LogP contribution >= 0.6 is 0 Å². The van der Waals surface area contributed by atoms with Gasteiger partial charge < -0.3 is 0 Å². The Labute approximate surface area is 111 Å². The zero-order chi connectivity index (χ0) is 13.4. The fraction of sp³-hybridized carbons (Fsp3) is 1.00. The van der Waals surface area contributed by atoms with E-state index >= 15 is 0 Å². The predicted molar refractivity (Wildman–Crippen MR) is 80.5 cm³/mol. The summed E-state index contributed by atoms with van der Waals surface area (Å²) in [5.41, 5.74) is 1.36. The molecule has 0 bridgehead atoms. The molecule has 1 aliphatic carbocycles. The Morgan fingerprint density at radius 3 is 1.65 bits per heavy atom. The van der Waals surface area contributed by atoms with E-state index in [-0.39, 0.29) is 0 Å². The lowest BCUT2D eigenvalue weighted by molar-refractivity contribution is 0.0903. The van der Waals surface area contributed by atoms with E-state index in [4.69, 9.17) is 0 Å². The van der Waals surface area contributed by atoms with Crippen molar-refractivity contribution in [3.8, 4) is 0 Å². The van der Waals surface area contributed by atoms with Crippen molar-refractivity contribution in [2.24, 2.45) is 10.8 Å². The summed E-state index contributed by atoms with van der Waals surface area (Å²) in [6.07, 6.45) is 13.0. The molecule has 1 aliphatic rings. The quantitative estimate of drug-likeness (QED) is 0.475. The summed E-state index contributed by atoms with van der Waals surface area (Å²) >= 11 is 0. The molecule has 0 spiro atoms. The van der Waals surface area contributed by atoms with Gasteiger partial charge in [0.2, 0.25) is 0 Å². The molecule has 1 saturated carbocycles. The summed E-state index contributed by atoms with van der Waals surface area (Å²) in [7, 11) is 0. The molecule has 0 aliphatic heterocycles. The average molecular weight is 240 g/mol. The van der Waals surface area contributed by atoms with E-state index in [2.05, 4.69) is 27.7 Å². The predicted octanol–water partition coefficient (Wildman–Crippen LogP) is 6.59. The van der Waals surface area contributed by atoms with Gasteiger partial charge in [0.15, 0.2) is 0 Å². The smallest absolute Gasteiger partial charge is 0.0325 e. The third-order valence-corrected chi connectivity index (χ3v) is 4.90. The second kappa shape index (κ2) is 8.16. The lowest BCUT2D eigenvalue weighted by Crippen LogP contribution is -2.30. The van der Waals surface area contributed by atoms with Crippen LogP contribution in [0.2, 0.25) is 0 Å². The van der Waals surface area contributed by atoms with Gasteiger partial charge in [-0.05, 0) is 42.9 Å². The third-order valence-electron chi connectivity index (χ3n) is 4.90. The summed E-state index contributed by atoms with van der Waals surface area (Å²) in [4.78, 5) is 0. The molecule has 0 heterocycles. The normalized spacial score (nSPS) is 32.8. The zero-order valence-electron chi connectivity index (χ0n) is 13.4. The minimum Gasteiger partial charge on any atom is -0.0683 e. The van der Waals surface area contributed by atoms with Gasteiger partial charge in [-0.1, -0.05) is 67.2 Å². The average Bonchev–Trinajstić information content (AvgIpc) is 2.37. The van der Waals surface area contributed by atoms with Crippen molar-refractivity contribution >= 4 is 0 Å². The highest BCUT2D eigenvalue weighted by atomic mass is 14.4. The maximum Gasteiger partial charge on any atom is -0.0325 e. The van der Waals surface area contributed by atoms with Crippen molar-refractivity contribution in [2.75, 3.05) is 0 Å². The highest BCUT2D eigenvalue weighted by molar-refractivity contribution is 4.87. The van der Waals surface area contributed by atoms with Gasteiger partial charge in [-0.15, -0.1) is 0 Å². The standard InChI is InChI=1S/C15H30.C2H6/c1-5-7-8-9-15(4)12-10-14(3,6-2)11-13-15;1-2/h5-13H2,1-4H3;1-2H3. The fourth-order valence-corrected chi connectivity index (χ4v) is 2.86.